The highest BCUT2D eigenvalue weighted by Gasteiger charge is 2.26. The van der Waals surface area contributed by atoms with Crippen LogP contribution >= 0.6 is 0 Å². The number of hydrogen-bond acceptors (Lipinski definition) is 4. The highest BCUT2D eigenvalue weighted by molar-refractivity contribution is 5.67. The van der Waals surface area contributed by atoms with E-state index in [4.69, 9.17) is 15.6 Å². The van der Waals surface area contributed by atoms with Crippen molar-refractivity contribution in [2.75, 3.05) is 26.3 Å². The minimum atomic E-state index is -0.242. The number of ether oxygens (including phenoxy) is 1. The molecular formula is C10H20N2O3. The number of nitrogens with zero attached hydrogens (tertiary/aromatic N) is 1. The summed E-state index contributed by atoms with van der Waals surface area (Å²) >= 11 is 0. The van der Waals surface area contributed by atoms with E-state index in [1.165, 1.54) is 0 Å². The number of aliphatic hydroxyl groups excluding tert-OH is 1. The minimum absolute atomic E-state index is 0.0179. The summed E-state index contributed by atoms with van der Waals surface area (Å²) < 4.78 is 4.91. The molecule has 15 heavy (non-hydrogen) atoms. The Morgan fingerprint density at radius 3 is 2.67 bits per heavy atom. The van der Waals surface area contributed by atoms with Crippen molar-refractivity contribution in [3.8, 4) is 0 Å². The molecule has 0 aromatic heterocycles. The first-order valence-electron chi connectivity index (χ1n) is 5.47. The first kappa shape index (κ1) is 12.3. The van der Waals surface area contributed by atoms with E-state index in [0.717, 1.165) is 12.8 Å². The first-order valence-corrected chi connectivity index (χ1v) is 5.47. The lowest BCUT2D eigenvalue weighted by molar-refractivity contribution is 0.0849. The van der Waals surface area contributed by atoms with Gasteiger partial charge in [0.1, 0.15) is 0 Å². The maximum absolute atomic E-state index is 11.4. The molecule has 0 aromatic carbocycles. The Balaban J connectivity index is 2.32. The fourth-order valence-corrected chi connectivity index (χ4v) is 1.87. The van der Waals surface area contributed by atoms with Crippen molar-refractivity contribution in [3.05, 3.63) is 0 Å². The van der Waals surface area contributed by atoms with Crippen LogP contribution in [0.4, 0.5) is 4.79 Å². The van der Waals surface area contributed by atoms with Gasteiger partial charge < -0.3 is 20.5 Å². The Kier molecular flexibility index (Phi) is 4.84. The van der Waals surface area contributed by atoms with Crippen LogP contribution in [-0.4, -0.2) is 48.4 Å². The summed E-state index contributed by atoms with van der Waals surface area (Å²) in [5, 5.41) is 8.92. The molecule has 0 saturated carbocycles. The zero-order valence-corrected chi connectivity index (χ0v) is 9.19. The van der Waals surface area contributed by atoms with E-state index >= 15 is 0 Å². The second-order valence-corrected chi connectivity index (χ2v) is 3.87. The van der Waals surface area contributed by atoms with Crippen LogP contribution < -0.4 is 5.73 Å². The van der Waals surface area contributed by atoms with Crippen LogP contribution in [-0.2, 0) is 4.74 Å². The van der Waals surface area contributed by atoms with Crippen molar-refractivity contribution in [2.24, 2.45) is 11.7 Å². The number of piperidine rings is 1. The topological polar surface area (TPSA) is 75.8 Å². The molecule has 0 spiro atoms. The molecule has 0 radical (unpaired) electrons. The van der Waals surface area contributed by atoms with Crippen LogP contribution in [0.5, 0.6) is 0 Å². The van der Waals surface area contributed by atoms with Gasteiger partial charge in [-0.15, -0.1) is 0 Å². The first-order chi connectivity index (χ1) is 7.19. The number of carbonyl (C=O) groups excluding carboxylic acids is 1. The van der Waals surface area contributed by atoms with Gasteiger partial charge in [0.25, 0.3) is 0 Å². The maximum Gasteiger partial charge on any atom is 0.409 e. The Morgan fingerprint density at radius 1 is 1.60 bits per heavy atom. The minimum Gasteiger partial charge on any atom is -0.450 e. The number of amides is 1. The predicted octanol–water partition coefficient (Wildman–Crippen LogP) is 0.174. The van der Waals surface area contributed by atoms with Crippen molar-refractivity contribution in [2.45, 2.75) is 25.8 Å². The molecule has 1 aliphatic rings. The monoisotopic (exact) mass is 216 g/mol. The van der Waals surface area contributed by atoms with Crippen molar-refractivity contribution in [1.29, 1.82) is 0 Å². The third-order valence-electron chi connectivity index (χ3n) is 2.88. The third-order valence-corrected chi connectivity index (χ3v) is 2.88. The van der Waals surface area contributed by atoms with Crippen LogP contribution in [0, 0.1) is 5.92 Å². The zero-order valence-electron chi connectivity index (χ0n) is 9.19. The number of aliphatic hydroxyl groups is 1. The normalized spacial score (nSPS) is 20.1. The molecule has 5 nitrogen and oxygen atoms in total. The molecule has 1 heterocycles. The summed E-state index contributed by atoms with van der Waals surface area (Å²) in [5.41, 5.74) is 5.74. The van der Waals surface area contributed by atoms with Crippen LogP contribution in [0.1, 0.15) is 19.8 Å². The Labute approximate surface area is 90.2 Å². The molecule has 1 atom stereocenters. The largest absolute Gasteiger partial charge is 0.450 e. The van der Waals surface area contributed by atoms with Gasteiger partial charge in [0.2, 0.25) is 0 Å². The summed E-state index contributed by atoms with van der Waals surface area (Å²) in [4.78, 5) is 13.1. The van der Waals surface area contributed by atoms with Crippen molar-refractivity contribution in [1.82, 2.24) is 4.90 Å². The number of nitrogens with two attached hydrogens (primary N) is 1. The van der Waals surface area contributed by atoms with E-state index in [9.17, 15) is 4.79 Å². The van der Waals surface area contributed by atoms with E-state index in [-0.39, 0.29) is 18.7 Å². The Bertz CT molecular complexity index is 203. The lowest BCUT2D eigenvalue weighted by Gasteiger charge is -2.33. The van der Waals surface area contributed by atoms with Crippen LogP contribution in [0.25, 0.3) is 0 Å². The van der Waals surface area contributed by atoms with Gasteiger partial charge in [0, 0.05) is 19.1 Å². The van der Waals surface area contributed by atoms with Crippen molar-refractivity contribution >= 4 is 6.09 Å². The molecule has 0 aliphatic carbocycles. The molecule has 1 saturated heterocycles. The summed E-state index contributed by atoms with van der Waals surface area (Å²) in [5.74, 6) is 0.320. The fourth-order valence-electron chi connectivity index (χ4n) is 1.87. The second kappa shape index (κ2) is 5.92. The van der Waals surface area contributed by atoms with Gasteiger partial charge in [0.05, 0.1) is 13.2 Å². The average Bonchev–Trinajstić information content (AvgIpc) is 2.28. The molecule has 3 N–H and O–H groups in total. The number of carbonyl (C=O) groups is 1. The lowest BCUT2D eigenvalue weighted by atomic mass is 9.90. The van der Waals surface area contributed by atoms with Crippen LogP contribution in [0.3, 0.4) is 0 Å². The second-order valence-electron chi connectivity index (χ2n) is 3.87. The lowest BCUT2D eigenvalue weighted by Crippen LogP contribution is -2.44. The summed E-state index contributed by atoms with van der Waals surface area (Å²) in [6.45, 7) is 3.58. The Hall–Kier alpha value is -0.810. The maximum atomic E-state index is 11.4. The van der Waals surface area contributed by atoms with Crippen molar-refractivity contribution in [3.63, 3.8) is 0 Å². The molecular weight excluding hydrogens is 196 g/mol. The van der Waals surface area contributed by atoms with Gasteiger partial charge in [-0.25, -0.2) is 4.79 Å². The number of likely N-dealkylation sites (tertiary alicyclic amines) is 1. The SMILES string of the molecule is CCOC(=O)N1CCC(C(N)CO)CC1. The quantitative estimate of drug-likeness (QED) is 0.705. The van der Waals surface area contributed by atoms with Gasteiger partial charge >= 0.3 is 6.09 Å². The molecule has 88 valence electrons. The molecule has 5 heteroatoms. The van der Waals surface area contributed by atoms with Gasteiger partial charge in [-0.05, 0) is 25.7 Å². The predicted molar refractivity (Wildman–Crippen MR) is 56.4 cm³/mol. The Morgan fingerprint density at radius 2 is 2.20 bits per heavy atom. The van der Waals surface area contributed by atoms with Gasteiger partial charge in [-0.3, -0.25) is 0 Å². The highest BCUT2D eigenvalue weighted by atomic mass is 16.6. The molecule has 1 aliphatic heterocycles. The van der Waals surface area contributed by atoms with E-state index in [1.807, 2.05) is 0 Å². The van der Waals surface area contributed by atoms with Gasteiger partial charge in [0.15, 0.2) is 0 Å². The standard InChI is InChI=1S/C10H20N2O3/c1-2-15-10(14)12-5-3-8(4-6-12)9(11)7-13/h8-9,13H,2-7,11H2,1H3. The van der Waals surface area contributed by atoms with Crippen LogP contribution in [0.2, 0.25) is 0 Å². The molecule has 1 amide bonds. The average molecular weight is 216 g/mol. The van der Waals surface area contributed by atoms with Gasteiger partial charge in [-0.1, -0.05) is 0 Å². The molecule has 0 aromatic rings. The number of hydrogen-bond donors (Lipinski definition) is 2. The number of rotatable bonds is 3. The molecule has 1 fully saturated rings. The van der Waals surface area contributed by atoms with Crippen LogP contribution in [0.15, 0.2) is 0 Å². The van der Waals surface area contributed by atoms with E-state index in [2.05, 4.69) is 0 Å². The van der Waals surface area contributed by atoms with E-state index in [0.29, 0.717) is 25.6 Å². The molecule has 0 bridgehead atoms. The third kappa shape index (κ3) is 3.35. The smallest absolute Gasteiger partial charge is 0.409 e. The van der Waals surface area contributed by atoms with Crippen molar-refractivity contribution < 1.29 is 14.6 Å². The fraction of sp³-hybridized carbons (Fsp3) is 0.900. The summed E-state index contributed by atoms with van der Waals surface area (Å²) in [7, 11) is 0. The zero-order chi connectivity index (χ0) is 11.3. The highest BCUT2D eigenvalue weighted by Crippen LogP contribution is 2.19. The molecule has 1 unspecified atom stereocenters. The van der Waals surface area contributed by atoms with E-state index < -0.39 is 0 Å². The summed E-state index contributed by atoms with van der Waals surface area (Å²) in [6.07, 6.45) is 1.45. The summed E-state index contributed by atoms with van der Waals surface area (Å²) in [6, 6.07) is -0.158. The van der Waals surface area contributed by atoms with E-state index in [1.54, 1.807) is 11.8 Å². The molecule has 1 rings (SSSR count). The van der Waals surface area contributed by atoms with Gasteiger partial charge in [-0.2, -0.15) is 0 Å².